The topological polar surface area (TPSA) is 43.6 Å². The molecule has 0 radical (unpaired) electrons. The van der Waals surface area contributed by atoms with Crippen LogP contribution >= 0.6 is 11.3 Å². The second kappa shape index (κ2) is 11.4. The Balaban J connectivity index is 1.28. The van der Waals surface area contributed by atoms with Crippen molar-refractivity contribution in [2.75, 3.05) is 0 Å². The minimum Gasteiger partial charge on any atom is -0.275 e. The molecule has 4 heterocycles. The van der Waals surface area contributed by atoms with Gasteiger partial charge in [0.05, 0.1) is 32.5 Å². The van der Waals surface area contributed by atoms with Crippen molar-refractivity contribution in [1.29, 1.82) is 0 Å². The van der Waals surface area contributed by atoms with Gasteiger partial charge in [0.2, 0.25) is 5.95 Å². The predicted octanol–water partition coefficient (Wildman–Crippen LogP) is 12.6. The molecule has 0 saturated heterocycles. The van der Waals surface area contributed by atoms with Crippen molar-refractivity contribution in [1.82, 2.24) is 19.5 Å². The van der Waals surface area contributed by atoms with Crippen LogP contribution in [0.3, 0.4) is 0 Å². The highest BCUT2D eigenvalue weighted by molar-refractivity contribution is 7.27. The lowest BCUT2D eigenvalue weighted by Crippen LogP contribution is -2.04. The summed E-state index contributed by atoms with van der Waals surface area (Å²) in [6.45, 7) is 0. The van der Waals surface area contributed by atoms with Crippen LogP contribution in [0.2, 0.25) is 0 Å². The third-order valence-electron chi connectivity index (χ3n) is 10.2. The number of thiophene rings is 1. The molecule has 0 aliphatic heterocycles. The van der Waals surface area contributed by atoms with Crippen molar-refractivity contribution < 1.29 is 0 Å². The predicted molar refractivity (Wildman–Crippen MR) is 218 cm³/mol. The van der Waals surface area contributed by atoms with E-state index in [0.717, 1.165) is 66.4 Å². The first-order valence-corrected chi connectivity index (χ1v) is 18.3. The number of rotatable bonds is 4. The number of hydrogen-bond donors (Lipinski definition) is 0. The van der Waals surface area contributed by atoms with Crippen LogP contribution in [0.1, 0.15) is 0 Å². The summed E-state index contributed by atoms with van der Waals surface area (Å²) in [6, 6.07) is 58.0. The lowest BCUT2D eigenvalue weighted by atomic mass is 9.94. The lowest BCUT2D eigenvalue weighted by molar-refractivity contribution is 1.02. The molecule has 5 heteroatoms. The first-order chi connectivity index (χ1) is 25.8. The molecule has 0 aliphatic carbocycles. The smallest absolute Gasteiger partial charge is 0.235 e. The zero-order chi connectivity index (χ0) is 34.2. The summed E-state index contributed by atoms with van der Waals surface area (Å²) in [5.41, 5.74) is 10.4. The molecule has 0 atom stereocenters. The van der Waals surface area contributed by atoms with Crippen LogP contribution in [0, 0.1) is 0 Å². The molecule has 0 aliphatic rings. The van der Waals surface area contributed by atoms with E-state index in [9.17, 15) is 0 Å². The number of para-hydroxylation sites is 1. The van der Waals surface area contributed by atoms with Crippen LogP contribution < -0.4 is 0 Å². The van der Waals surface area contributed by atoms with Gasteiger partial charge in [0.1, 0.15) is 0 Å². The average molecular weight is 681 g/mol. The molecule has 11 rings (SSSR count). The fourth-order valence-electron chi connectivity index (χ4n) is 7.93. The quantitative estimate of drug-likeness (QED) is 0.186. The minimum absolute atomic E-state index is 0.627. The van der Waals surface area contributed by atoms with Gasteiger partial charge in [-0.05, 0) is 75.5 Å². The second-order valence-corrected chi connectivity index (χ2v) is 14.3. The van der Waals surface area contributed by atoms with E-state index in [2.05, 4.69) is 162 Å². The number of hydrogen-bond acceptors (Lipinski definition) is 4. The second-order valence-electron chi connectivity index (χ2n) is 13.2. The zero-order valence-corrected chi connectivity index (χ0v) is 28.7. The molecular weight excluding hydrogens is 653 g/mol. The van der Waals surface area contributed by atoms with Gasteiger partial charge in [-0.3, -0.25) is 9.55 Å². The Bertz CT molecular complexity index is 3120. The van der Waals surface area contributed by atoms with Gasteiger partial charge in [-0.2, -0.15) is 0 Å². The largest absolute Gasteiger partial charge is 0.275 e. The summed E-state index contributed by atoms with van der Waals surface area (Å²) in [5.74, 6) is 0.627. The molecule has 11 aromatic rings. The molecule has 52 heavy (non-hydrogen) atoms. The molecule has 7 aromatic carbocycles. The molecule has 0 spiro atoms. The summed E-state index contributed by atoms with van der Waals surface area (Å²) in [6.07, 6.45) is 1.89. The van der Waals surface area contributed by atoms with Crippen LogP contribution in [-0.2, 0) is 0 Å². The number of pyridine rings is 1. The highest BCUT2D eigenvalue weighted by atomic mass is 32.1. The summed E-state index contributed by atoms with van der Waals surface area (Å²) in [4.78, 5) is 15.9. The molecular formula is C47H28N4S. The number of fused-ring (bicyclic) bond motifs is 11. The third kappa shape index (κ3) is 4.36. The van der Waals surface area contributed by atoms with Gasteiger partial charge in [-0.15, -0.1) is 11.3 Å². The van der Waals surface area contributed by atoms with E-state index < -0.39 is 0 Å². The van der Waals surface area contributed by atoms with Gasteiger partial charge in [0.15, 0.2) is 0 Å². The Morgan fingerprint density at radius 3 is 1.79 bits per heavy atom. The van der Waals surface area contributed by atoms with Gasteiger partial charge < -0.3 is 0 Å². The first-order valence-electron chi connectivity index (χ1n) is 17.4. The summed E-state index contributed by atoms with van der Waals surface area (Å²) in [5, 5.41) is 7.07. The summed E-state index contributed by atoms with van der Waals surface area (Å²) < 4.78 is 4.73. The highest BCUT2D eigenvalue weighted by Crippen LogP contribution is 2.47. The Morgan fingerprint density at radius 2 is 1.06 bits per heavy atom. The fraction of sp³-hybridized carbons (Fsp3) is 0. The van der Waals surface area contributed by atoms with Crippen LogP contribution in [0.4, 0.5) is 0 Å². The van der Waals surface area contributed by atoms with Gasteiger partial charge >= 0.3 is 0 Å². The van der Waals surface area contributed by atoms with Gasteiger partial charge in [-0.1, -0.05) is 121 Å². The molecule has 0 saturated carbocycles. The van der Waals surface area contributed by atoms with Crippen LogP contribution in [0.25, 0.3) is 103 Å². The van der Waals surface area contributed by atoms with Gasteiger partial charge in [-0.25, -0.2) is 9.97 Å². The van der Waals surface area contributed by atoms with Crippen molar-refractivity contribution in [3.8, 4) is 39.5 Å². The standard InChI is InChI=1S/C47H28N4S/c1-3-14-29(15-4-1)31-26-32(30-16-5-2-6-17-30)28-33(27-31)43-36-20-9-11-22-38(36)49-47(50-43)51-39-23-13-25-48-44(39)42-35-19-8-7-18-34(35)41-37-21-10-12-24-40(37)52-46(41)45(42)51/h1-28H. The fourth-order valence-corrected chi connectivity index (χ4v) is 9.19. The Labute approximate surface area is 302 Å². The third-order valence-corrected chi connectivity index (χ3v) is 11.4. The molecule has 4 aromatic heterocycles. The Hall–Kier alpha value is -6.69. The van der Waals surface area contributed by atoms with E-state index in [-0.39, 0.29) is 0 Å². The maximum absolute atomic E-state index is 5.55. The molecule has 4 nitrogen and oxygen atoms in total. The molecule has 0 fully saturated rings. The van der Waals surface area contributed by atoms with E-state index in [1.54, 1.807) is 0 Å². The maximum Gasteiger partial charge on any atom is 0.235 e. The van der Waals surface area contributed by atoms with Crippen LogP contribution in [0.5, 0.6) is 0 Å². The number of aromatic nitrogens is 4. The molecule has 0 unspecified atom stereocenters. The lowest BCUT2D eigenvalue weighted by Gasteiger charge is -2.15. The Morgan fingerprint density at radius 1 is 0.462 bits per heavy atom. The van der Waals surface area contributed by atoms with E-state index in [4.69, 9.17) is 15.0 Å². The van der Waals surface area contributed by atoms with Crippen LogP contribution in [0.15, 0.2) is 170 Å². The molecule has 0 N–H and O–H groups in total. The monoisotopic (exact) mass is 680 g/mol. The summed E-state index contributed by atoms with van der Waals surface area (Å²) >= 11 is 1.83. The van der Waals surface area contributed by atoms with E-state index in [0.29, 0.717) is 5.95 Å². The maximum atomic E-state index is 5.55. The SMILES string of the molecule is c1ccc(-c2cc(-c3ccccc3)cc(-c3nc(-n4c5cccnc5c5c6ccccc6c6c7ccccc7sc6c54)nc4ccccc34)c2)cc1. The highest BCUT2D eigenvalue weighted by Gasteiger charge is 2.24. The van der Waals surface area contributed by atoms with Crippen LogP contribution in [-0.4, -0.2) is 19.5 Å². The molecule has 242 valence electrons. The van der Waals surface area contributed by atoms with Gasteiger partial charge in [0, 0.05) is 38.0 Å². The summed E-state index contributed by atoms with van der Waals surface area (Å²) in [7, 11) is 0. The normalized spacial score (nSPS) is 11.8. The average Bonchev–Trinajstić information content (AvgIpc) is 3.78. The first kappa shape index (κ1) is 29.1. The van der Waals surface area contributed by atoms with Gasteiger partial charge in [0.25, 0.3) is 0 Å². The van der Waals surface area contributed by atoms with E-state index >= 15 is 0 Å². The molecule has 0 amide bonds. The van der Waals surface area contributed by atoms with Crippen molar-refractivity contribution in [3.63, 3.8) is 0 Å². The zero-order valence-electron chi connectivity index (χ0n) is 27.9. The van der Waals surface area contributed by atoms with E-state index in [1.807, 2.05) is 23.6 Å². The molecule has 0 bridgehead atoms. The minimum atomic E-state index is 0.627. The number of benzene rings is 7. The van der Waals surface area contributed by atoms with Crippen molar-refractivity contribution in [2.45, 2.75) is 0 Å². The number of nitrogens with zero attached hydrogens (tertiary/aromatic N) is 4. The Kier molecular flexibility index (Phi) is 6.39. The van der Waals surface area contributed by atoms with Crippen molar-refractivity contribution in [2.24, 2.45) is 0 Å². The van der Waals surface area contributed by atoms with Crippen molar-refractivity contribution in [3.05, 3.63) is 170 Å². The van der Waals surface area contributed by atoms with Crippen molar-refractivity contribution >= 4 is 75.1 Å². The van der Waals surface area contributed by atoms with E-state index in [1.165, 1.54) is 30.9 Å².